The van der Waals surface area contributed by atoms with E-state index in [9.17, 15) is 4.79 Å². The van der Waals surface area contributed by atoms with E-state index in [0.717, 1.165) is 19.4 Å². The van der Waals surface area contributed by atoms with Crippen LogP contribution in [-0.4, -0.2) is 47.2 Å². The van der Waals surface area contributed by atoms with Crippen molar-refractivity contribution >= 4 is 5.97 Å². The van der Waals surface area contributed by atoms with Gasteiger partial charge in [-0.15, -0.1) is 0 Å². The maximum absolute atomic E-state index is 10.7. The molecule has 1 saturated carbocycles. The maximum Gasteiger partial charge on any atom is 0.317 e. The van der Waals surface area contributed by atoms with Crippen LogP contribution in [0.25, 0.3) is 0 Å². The quantitative estimate of drug-likeness (QED) is 0.663. The molecule has 1 rings (SSSR count). The Hall–Kier alpha value is -0.610. The van der Waals surface area contributed by atoms with E-state index in [4.69, 9.17) is 5.11 Å². The number of carboxylic acid groups (broad SMARTS) is 1. The van der Waals surface area contributed by atoms with E-state index in [0.29, 0.717) is 18.1 Å². The van der Waals surface area contributed by atoms with Crippen LogP contribution in [0.15, 0.2) is 0 Å². The van der Waals surface area contributed by atoms with E-state index in [1.165, 1.54) is 19.3 Å². The van der Waals surface area contributed by atoms with Crippen molar-refractivity contribution < 1.29 is 9.90 Å². The van der Waals surface area contributed by atoms with Crippen molar-refractivity contribution in [2.24, 2.45) is 0 Å². The van der Waals surface area contributed by atoms with Crippen LogP contribution in [0.2, 0.25) is 0 Å². The van der Waals surface area contributed by atoms with Gasteiger partial charge in [0.05, 0.1) is 6.54 Å². The molecule has 0 bridgehead atoms. The van der Waals surface area contributed by atoms with E-state index in [2.05, 4.69) is 24.1 Å². The first-order valence-corrected chi connectivity index (χ1v) is 7.28. The zero-order valence-corrected chi connectivity index (χ0v) is 12.0. The molecule has 18 heavy (non-hydrogen) atoms. The SMILES string of the molecule is CCCCC(C)NC1CC(N(CC)CC(=O)O)C1. The Morgan fingerprint density at radius 3 is 2.61 bits per heavy atom. The van der Waals surface area contributed by atoms with Gasteiger partial charge < -0.3 is 10.4 Å². The summed E-state index contributed by atoms with van der Waals surface area (Å²) in [4.78, 5) is 12.8. The number of unbranched alkanes of at least 4 members (excludes halogenated alkanes) is 1. The fourth-order valence-electron chi connectivity index (χ4n) is 2.69. The Morgan fingerprint density at radius 2 is 2.11 bits per heavy atom. The smallest absolute Gasteiger partial charge is 0.317 e. The fraction of sp³-hybridized carbons (Fsp3) is 0.929. The van der Waals surface area contributed by atoms with Crippen molar-refractivity contribution in [3.8, 4) is 0 Å². The lowest BCUT2D eigenvalue weighted by Gasteiger charge is -2.43. The molecule has 0 aromatic rings. The van der Waals surface area contributed by atoms with Gasteiger partial charge in [-0.25, -0.2) is 0 Å². The summed E-state index contributed by atoms with van der Waals surface area (Å²) in [6, 6.07) is 1.64. The minimum absolute atomic E-state index is 0.180. The molecule has 1 unspecified atom stereocenters. The van der Waals surface area contributed by atoms with E-state index >= 15 is 0 Å². The number of aliphatic carboxylic acids is 1. The summed E-state index contributed by atoms with van der Waals surface area (Å²) in [5, 5.41) is 12.5. The monoisotopic (exact) mass is 256 g/mol. The highest BCUT2D eigenvalue weighted by Gasteiger charge is 2.33. The zero-order valence-electron chi connectivity index (χ0n) is 12.0. The predicted octanol–water partition coefficient (Wildman–Crippen LogP) is 2.09. The molecule has 0 radical (unpaired) electrons. The second-order valence-electron chi connectivity index (χ2n) is 5.49. The molecule has 1 fully saturated rings. The predicted molar refractivity (Wildman–Crippen MR) is 73.8 cm³/mol. The molecule has 1 aliphatic carbocycles. The van der Waals surface area contributed by atoms with Crippen molar-refractivity contribution in [2.75, 3.05) is 13.1 Å². The molecule has 0 aromatic heterocycles. The number of carbonyl (C=O) groups is 1. The first-order valence-electron chi connectivity index (χ1n) is 7.28. The van der Waals surface area contributed by atoms with Gasteiger partial charge in [0.2, 0.25) is 0 Å². The third-order valence-corrected chi connectivity index (χ3v) is 3.89. The lowest BCUT2D eigenvalue weighted by atomic mass is 9.84. The van der Waals surface area contributed by atoms with Crippen LogP contribution in [0.4, 0.5) is 0 Å². The highest BCUT2D eigenvalue weighted by Crippen LogP contribution is 2.26. The standard InChI is InChI=1S/C14H28N2O2/c1-4-6-7-11(3)15-12-8-13(9-12)16(5-2)10-14(17)18/h11-13,15H,4-10H2,1-3H3,(H,17,18). The molecule has 1 atom stereocenters. The van der Waals surface area contributed by atoms with E-state index in [1.54, 1.807) is 0 Å². The summed E-state index contributed by atoms with van der Waals surface area (Å²) < 4.78 is 0. The summed E-state index contributed by atoms with van der Waals surface area (Å²) in [6.45, 7) is 7.51. The Labute approximate surface area is 111 Å². The van der Waals surface area contributed by atoms with Gasteiger partial charge in [0.15, 0.2) is 0 Å². The molecule has 0 aliphatic heterocycles. The molecule has 2 N–H and O–H groups in total. The van der Waals surface area contributed by atoms with Crippen molar-refractivity contribution in [1.82, 2.24) is 10.2 Å². The summed E-state index contributed by atoms with van der Waals surface area (Å²) in [5.41, 5.74) is 0. The minimum Gasteiger partial charge on any atom is -0.480 e. The lowest BCUT2D eigenvalue weighted by Crippen LogP contribution is -2.55. The van der Waals surface area contributed by atoms with Crippen LogP contribution in [0.1, 0.15) is 52.9 Å². The molecule has 1 aliphatic rings. The van der Waals surface area contributed by atoms with Gasteiger partial charge in [0, 0.05) is 18.1 Å². The van der Waals surface area contributed by atoms with Gasteiger partial charge in [-0.1, -0.05) is 26.7 Å². The molecule has 4 nitrogen and oxygen atoms in total. The summed E-state index contributed by atoms with van der Waals surface area (Å²) >= 11 is 0. The maximum atomic E-state index is 10.7. The van der Waals surface area contributed by atoms with Crippen molar-refractivity contribution in [3.63, 3.8) is 0 Å². The fourth-order valence-corrected chi connectivity index (χ4v) is 2.69. The average Bonchev–Trinajstić information content (AvgIpc) is 2.27. The summed E-state index contributed by atoms with van der Waals surface area (Å²) in [5.74, 6) is -0.718. The number of nitrogens with one attached hydrogen (secondary N) is 1. The van der Waals surface area contributed by atoms with Gasteiger partial charge >= 0.3 is 5.97 Å². The Bertz CT molecular complexity index is 252. The van der Waals surface area contributed by atoms with E-state index < -0.39 is 5.97 Å². The van der Waals surface area contributed by atoms with Crippen LogP contribution in [-0.2, 0) is 4.79 Å². The Balaban J connectivity index is 2.19. The minimum atomic E-state index is -0.718. The summed E-state index contributed by atoms with van der Waals surface area (Å²) in [6.07, 6.45) is 5.96. The van der Waals surface area contributed by atoms with Crippen LogP contribution >= 0.6 is 0 Å². The topological polar surface area (TPSA) is 52.6 Å². The molecule has 0 amide bonds. The lowest BCUT2D eigenvalue weighted by molar-refractivity contribution is -0.139. The van der Waals surface area contributed by atoms with Crippen LogP contribution in [0.3, 0.4) is 0 Å². The van der Waals surface area contributed by atoms with Crippen LogP contribution in [0.5, 0.6) is 0 Å². The number of rotatable bonds is 9. The van der Waals surface area contributed by atoms with Gasteiger partial charge in [-0.3, -0.25) is 9.69 Å². The molecule has 0 heterocycles. The summed E-state index contributed by atoms with van der Waals surface area (Å²) in [7, 11) is 0. The first kappa shape index (κ1) is 15.4. The highest BCUT2D eigenvalue weighted by molar-refractivity contribution is 5.69. The van der Waals surface area contributed by atoms with Crippen molar-refractivity contribution in [1.29, 1.82) is 0 Å². The number of carboxylic acids is 1. The second kappa shape index (κ2) is 7.74. The molecule has 0 aromatic carbocycles. The third-order valence-electron chi connectivity index (χ3n) is 3.89. The molecule has 0 saturated heterocycles. The molecule has 106 valence electrons. The van der Waals surface area contributed by atoms with Gasteiger partial charge in [-0.2, -0.15) is 0 Å². The van der Waals surface area contributed by atoms with Gasteiger partial charge in [-0.05, 0) is 32.7 Å². The molecular formula is C14H28N2O2. The molecule has 4 heteroatoms. The Morgan fingerprint density at radius 1 is 1.44 bits per heavy atom. The number of likely N-dealkylation sites (N-methyl/N-ethyl adjacent to an activating group) is 1. The van der Waals surface area contributed by atoms with Gasteiger partial charge in [0.25, 0.3) is 0 Å². The van der Waals surface area contributed by atoms with E-state index in [1.807, 2.05) is 6.92 Å². The first-order chi connectivity index (χ1) is 8.56. The van der Waals surface area contributed by atoms with Crippen molar-refractivity contribution in [2.45, 2.75) is 71.0 Å². The van der Waals surface area contributed by atoms with E-state index in [-0.39, 0.29) is 6.54 Å². The second-order valence-corrected chi connectivity index (χ2v) is 5.49. The number of nitrogens with zero attached hydrogens (tertiary/aromatic N) is 1. The Kier molecular flexibility index (Phi) is 6.65. The molecular weight excluding hydrogens is 228 g/mol. The van der Waals surface area contributed by atoms with Crippen LogP contribution in [0, 0.1) is 0 Å². The normalized spacial score (nSPS) is 24.9. The average molecular weight is 256 g/mol. The van der Waals surface area contributed by atoms with Crippen LogP contribution < -0.4 is 5.32 Å². The highest BCUT2D eigenvalue weighted by atomic mass is 16.4. The third kappa shape index (κ3) is 4.94. The largest absolute Gasteiger partial charge is 0.480 e. The number of hydrogen-bond donors (Lipinski definition) is 2. The number of hydrogen-bond acceptors (Lipinski definition) is 3. The van der Waals surface area contributed by atoms with Crippen molar-refractivity contribution in [3.05, 3.63) is 0 Å². The molecule has 0 spiro atoms. The van der Waals surface area contributed by atoms with Gasteiger partial charge in [0.1, 0.15) is 0 Å². The zero-order chi connectivity index (χ0) is 13.5.